The molecule has 0 saturated carbocycles. The van der Waals surface area contributed by atoms with Gasteiger partial charge >= 0.3 is 0 Å². The van der Waals surface area contributed by atoms with Crippen molar-refractivity contribution in [3.05, 3.63) is 71.5 Å². The Morgan fingerprint density at radius 3 is 2.59 bits per heavy atom. The van der Waals surface area contributed by atoms with Crippen LogP contribution in [0.25, 0.3) is 0 Å². The van der Waals surface area contributed by atoms with Crippen LogP contribution in [0.2, 0.25) is 0 Å². The summed E-state index contributed by atoms with van der Waals surface area (Å²) < 4.78 is 34.2. The molecule has 9 nitrogen and oxygen atoms in total. The molecule has 0 spiro atoms. The van der Waals surface area contributed by atoms with Crippen LogP contribution in [0.5, 0.6) is 11.5 Å². The molecule has 0 saturated heterocycles. The van der Waals surface area contributed by atoms with Crippen molar-refractivity contribution in [2.75, 3.05) is 46.4 Å². The van der Waals surface area contributed by atoms with Crippen molar-refractivity contribution in [1.29, 1.82) is 0 Å². The molecule has 37 heavy (non-hydrogen) atoms. The molecule has 3 atom stereocenters. The summed E-state index contributed by atoms with van der Waals surface area (Å²) in [5, 5.41) is 11.8. The summed E-state index contributed by atoms with van der Waals surface area (Å²) in [6.07, 6.45) is 1.87. The van der Waals surface area contributed by atoms with E-state index in [0.29, 0.717) is 57.5 Å². The predicted octanol–water partition coefficient (Wildman–Crippen LogP) is 3.12. The number of hydrogen-bond donors (Lipinski definition) is 2. The summed E-state index contributed by atoms with van der Waals surface area (Å²) in [6, 6.07) is 15.5. The van der Waals surface area contributed by atoms with E-state index in [1.807, 2.05) is 61.5 Å². The van der Waals surface area contributed by atoms with Gasteiger partial charge in [0.25, 0.3) is 5.91 Å². The molecule has 2 aliphatic heterocycles. The van der Waals surface area contributed by atoms with E-state index in [4.69, 9.17) is 33.5 Å². The van der Waals surface area contributed by atoms with Gasteiger partial charge in [-0.1, -0.05) is 36.4 Å². The predicted molar refractivity (Wildman–Crippen MR) is 135 cm³/mol. The second-order valence-electron chi connectivity index (χ2n) is 8.68. The Bertz CT molecular complexity index is 1030. The number of carbonyl (C=O) groups is 1. The van der Waals surface area contributed by atoms with Crippen LogP contribution in [0.15, 0.2) is 60.4 Å². The zero-order valence-electron chi connectivity index (χ0n) is 21.1. The summed E-state index contributed by atoms with van der Waals surface area (Å²) >= 11 is 0. The zero-order valence-corrected chi connectivity index (χ0v) is 21.1. The quantitative estimate of drug-likeness (QED) is 0.372. The highest BCUT2D eigenvalue weighted by molar-refractivity contribution is 5.91. The number of allylic oxidation sites excluding steroid dienone is 1. The lowest BCUT2D eigenvalue weighted by atomic mass is 9.81. The normalized spacial score (nSPS) is 20.3. The Balaban J connectivity index is 1.51. The van der Waals surface area contributed by atoms with Gasteiger partial charge in [0.2, 0.25) is 13.1 Å². The first-order valence-corrected chi connectivity index (χ1v) is 12.7. The second kappa shape index (κ2) is 14.0. The molecule has 0 radical (unpaired) electrons. The van der Waals surface area contributed by atoms with Gasteiger partial charge in [0.15, 0.2) is 17.3 Å². The standard InChI is InChI=1S/C28H35NO8/c1-2-34-28-22(10-12-32-14-15-33-13-11-30)23(21-8-9-24-25(16-21)36-19-35-24)17-26(37-28)27(31)29-18-20-6-4-3-5-7-20/h3-9,16-17,22-23,28,30H,2,10-15,18-19H2,1H3,(H,29,31)/t22-,23-,28-/m0/s1. The second-order valence-corrected chi connectivity index (χ2v) is 8.68. The van der Waals surface area contributed by atoms with Crippen LogP contribution in [0, 0.1) is 5.92 Å². The lowest BCUT2D eigenvalue weighted by Gasteiger charge is -2.37. The first-order chi connectivity index (χ1) is 18.2. The molecule has 2 aliphatic rings. The zero-order chi connectivity index (χ0) is 25.9. The van der Waals surface area contributed by atoms with E-state index >= 15 is 0 Å². The van der Waals surface area contributed by atoms with E-state index in [1.54, 1.807) is 0 Å². The minimum atomic E-state index is -0.628. The van der Waals surface area contributed by atoms with Crippen molar-refractivity contribution >= 4 is 5.91 Å². The van der Waals surface area contributed by atoms with Gasteiger partial charge in [0.1, 0.15) is 0 Å². The van der Waals surface area contributed by atoms with E-state index in [9.17, 15) is 4.79 Å². The fourth-order valence-electron chi connectivity index (χ4n) is 4.41. The fraction of sp³-hybridized carbons (Fsp3) is 0.464. The average molecular weight is 514 g/mol. The maximum Gasteiger partial charge on any atom is 0.286 e. The lowest BCUT2D eigenvalue weighted by molar-refractivity contribution is -0.168. The third-order valence-corrected chi connectivity index (χ3v) is 6.22. The average Bonchev–Trinajstić information content (AvgIpc) is 3.40. The molecule has 9 heteroatoms. The summed E-state index contributed by atoms with van der Waals surface area (Å²) in [5.74, 6) is 1.03. The van der Waals surface area contributed by atoms with Crippen LogP contribution in [-0.4, -0.2) is 63.7 Å². The number of carbonyl (C=O) groups excluding carboxylic acids is 1. The van der Waals surface area contributed by atoms with Gasteiger partial charge in [0, 0.05) is 31.6 Å². The fourth-order valence-corrected chi connectivity index (χ4v) is 4.41. The minimum Gasteiger partial charge on any atom is -0.459 e. The first-order valence-electron chi connectivity index (χ1n) is 12.7. The van der Waals surface area contributed by atoms with E-state index < -0.39 is 6.29 Å². The highest BCUT2D eigenvalue weighted by Gasteiger charge is 2.38. The molecule has 0 aliphatic carbocycles. The van der Waals surface area contributed by atoms with Crippen molar-refractivity contribution in [2.24, 2.45) is 5.92 Å². The molecule has 0 aromatic heterocycles. The molecule has 1 amide bonds. The van der Waals surface area contributed by atoms with Gasteiger partial charge in [-0.3, -0.25) is 4.79 Å². The number of amides is 1. The van der Waals surface area contributed by atoms with Crippen molar-refractivity contribution in [3.63, 3.8) is 0 Å². The van der Waals surface area contributed by atoms with E-state index in [2.05, 4.69) is 5.32 Å². The molecule has 2 aromatic carbocycles. The van der Waals surface area contributed by atoms with Crippen LogP contribution in [0.1, 0.15) is 30.4 Å². The van der Waals surface area contributed by atoms with Crippen LogP contribution >= 0.6 is 0 Å². The van der Waals surface area contributed by atoms with Gasteiger partial charge in [0.05, 0.1) is 26.4 Å². The molecule has 0 bridgehead atoms. The Morgan fingerprint density at radius 1 is 1.03 bits per heavy atom. The van der Waals surface area contributed by atoms with Gasteiger partial charge in [-0.15, -0.1) is 0 Å². The third-order valence-electron chi connectivity index (χ3n) is 6.22. The molecule has 0 fully saturated rings. The summed E-state index contributed by atoms with van der Waals surface area (Å²) in [4.78, 5) is 13.1. The van der Waals surface area contributed by atoms with Gasteiger partial charge in [-0.25, -0.2) is 0 Å². The summed E-state index contributed by atoms with van der Waals surface area (Å²) in [5.41, 5.74) is 1.97. The summed E-state index contributed by atoms with van der Waals surface area (Å²) in [6.45, 7) is 4.49. The van der Waals surface area contributed by atoms with Crippen LogP contribution < -0.4 is 14.8 Å². The van der Waals surface area contributed by atoms with Crippen molar-refractivity contribution < 1.29 is 38.3 Å². The highest BCUT2D eigenvalue weighted by Crippen LogP contribution is 2.42. The molecular weight excluding hydrogens is 478 g/mol. The van der Waals surface area contributed by atoms with Gasteiger partial charge < -0.3 is 38.8 Å². The molecule has 2 heterocycles. The maximum atomic E-state index is 13.1. The maximum absolute atomic E-state index is 13.1. The Hall–Kier alpha value is -3.11. The Morgan fingerprint density at radius 2 is 1.81 bits per heavy atom. The largest absolute Gasteiger partial charge is 0.459 e. The monoisotopic (exact) mass is 513 g/mol. The molecule has 4 rings (SSSR count). The Labute approximate surface area is 217 Å². The van der Waals surface area contributed by atoms with Gasteiger partial charge in [-0.2, -0.15) is 0 Å². The van der Waals surface area contributed by atoms with E-state index in [-0.39, 0.29) is 36.9 Å². The van der Waals surface area contributed by atoms with E-state index in [1.165, 1.54) is 0 Å². The van der Waals surface area contributed by atoms with Crippen molar-refractivity contribution in [2.45, 2.75) is 32.1 Å². The van der Waals surface area contributed by atoms with Crippen molar-refractivity contribution in [1.82, 2.24) is 5.32 Å². The summed E-state index contributed by atoms with van der Waals surface area (Å²) in [7, 11) is 0. The number of hydrogen-bond acceptors (Lipinski definition) is 8. The molecule has 2 N–H and O–H groups in total. The number of rotatable bonds is 14. The van der Waals surface area contributed by atoms with Gasteiger partial charge in [-0.05, 0) is 42.7 Å². The lowest BCUT2D eigenvalue weighted by Crippen LogP contribution is -2.39. The molecule has 200 valence electrons. The minimum absolute atomic E-state index is 0.0136. The first kappa shape index (κ1) is 26.9. The highest BCUT2D eigenvalue weighted by atomic mass is 16.7. The number of ether oxygens (including phenoxy) is 6. The van der Waals surface area contributed by atoms with Crippen LogP contribution in [0.4, 0.5) is 0 Å². The number of benzene rings is 2. The smallest absolute Gasteiger partial charge is 0.286 e. The molecule has 0 unspecified atom stereocenters. The Kier molecular flexibility index (Phi) is 10.2. The number of aliphatic hydroxyl groups excluding tert-OH is 1. The van der Waals surface area contributed by atoms with Crippen LogP contribution in [0.3, 0.4) is 0 Å². The molecular formula is C28H35NO8. The topological polar surface area (TPSA) is 105 Å². The van der Waals surface area contributed by atoms with Crippen LogP contribution in [-0.2, 0) is 30.3 Å². The molecule has 2 aromatic rings. The number of fused-ring (bicyclic) bond motifs is 1. The number of aliphatic hydroxyl groups is 1. The van der Waals surface area contributed by atoms with Crippen molar-refractivity contribution in [3.8, 4) is 11.5 Å². The number of nitrogens with one attached hydrogen (secondary N) is 1. The van der Waals surface area contributed by atoms with E-state index in [0.717, 1.165) is 11.1 Å². The third kappa shape index (κ3) is 7.45. The SMILES string of the molecule is CCO[C@H]1OC(C(=O)NCc2ccccc2)=C[C@@H](c2ccc3c(c2)OCO3)[C@@H]1CCOCCOCCO.